The lowest BCUT2D eigenvalue weighted by atomic mass is 9.95. The Balaban J connectivity index is 2.04. The first-order valence-corrected chi connectivity index (χ1v) is 8.74. The van der Waals surface area contributed by atoms with Gasteiger partial charge >= 0.3 is 0 Å². The van der Waals surface area contributed by atoms with Crippen LogP contribution in [0.1, 0.15) is 43.5 Å². The van der Waals surface area contributed by atoms with E-state index in [2.05, 4.69) is 10.3 Å². The number of aliphatic hydroxyl groups is 1. The Morgan fingerprint density at radius 1 is 1.31 bits per heavy atom. The van der Waals surface area contributed by atoms with E-state index in [9.17, 15) is 9.90 Å². The minimum Gasteiger partial charge on any atom is -0.495 e. The highest BCUT2D eigenvalue weighted by Crippen LogP contribution is 2.37. The van der Waals surface area contributed by atoms with Crippen molar-refractivity contribution in [1.82, 2.24) is 4.98 Å². The first kappa shape index (κ1) is 18.0. The summed E-state index contributed by atoms with van der Waals surface area (Å²) < 4.78 is 5.31. The van der Waals surface area contributed by atoms with Gasteiger partial charge in [0.25, 0.3) is 5.91 Å². The fourth-order valence-electron chi connectivity index (χ4n) is 3.22. The van der Waals surface area contributed by atoms with E-state index >= 15 is 0 Å². The molecule has 0 spiro atoms. The van der Waals surface area contributed by atoms with Gasteiger partial charge in [-0.1, -0.05) is 37.6 Å². The fourth-order valence-corrected chi connectivity index (χ4v) is 3.22. The SMILES string of the molecule is CCCC(C)(O)C=Cc1cccc2c1C(=Cc1[nH]ccc1OC)C(=O)N2. The Hall–Kier alpha value is -2.79. The van der Waals surface area contributed by atoms with Gasteiger partial charge in [-0.2, -0.15) is 0 Å². The van der Waals surface area contributed by atoms with E-state index in [1.165, 1.54) is 0 Å². The van der Waals surface area contributed by atoms with Crippen LogP contribution >= 0.6 is 0 Å². The zero-order valence-corrected chi connectivity index (χ0v) is 15.3. The third-order valence-corrected chi connectivity index (χ3v) is 4.48. The molecular weight excluding hydrogens is 328 g/mol. The maximum Gasteiger partial charge on any atom is 0.256 e. The summed E-state index contributed by atoms with van der Waals surface area (Å²) in [7, 11) is 1.60. The number of hydrogen-bond donors (Lipinski definition) is 3. The van der Waals surface area contributed by atoms with E-state index in [-0.39, 0.29) is 5.91 Å². The Bertz CT molecular complexity index is 875. The van der Waals surface area contributed by atoms with Crippen molar-refractivity contribution in [2.45, 2.75) is 32.3 Å². The summed E-state index contributed by atoms with van der Waals surface area (Å²) in [6, 6.07) is 7.53. The predicted octanol–water partition coefficient (Wildman–Crippen LogP) is 4.08. The summed E-state index contributed by atoms with van der Waals surface area (Å²) in [4.78, 5) is 15.6. The van der Waals surface area contributed by atoms with Crippen LogP contribution < -0.4 is 10.1 Å². The molecule has 0 saturated carbocycles. The number of fused-ring (bicyclic) bond motifs is 1. The molecule has 2 heterocycles. The molecular formula is C21H24N2O3. The highest BCUT2D eigenvalue weighted by molar-refractivity contribution is 6.35. The van der Waals surface area contributed by atoms with Gasteiger partial charge < -0.3 is 20.1 Å². The van der Waals surface area contributed by atoms with E-state index in [1.807, 2.05) is 37.3 Å². The molecule has 3 rings (SSSR count). The van der Waals surface area contributed by atoms with Crippen molar-refractivity contribution < 1.29 is 14.6 Å². The van der Waals surface area contributed by atoms with Crippen LogP contribution in [-0.2, 0) is 4.79 Å². The summed E-state index contributed by atoms with van der Waals surface area (Å²) in [5, 5.41) is 13.3. The number of H-pyrrole nitrogens is 1. The van der Waals surface area contributed by atoms with Crippen LogP contribution in [0.2, 0.25) is 0 Å². The predicted molar refractivity (Wildman–Crippen MR) is 105 cm³/mol. The first-order valence-electron chi connectivity index (χ1n) is 8.74. The van der Waals surface area contributed by atoms with Gasteiger partial charge in [-0.3, -0.25) is 4.79 Å². The Morgan fingerprint density at radius 3 is 2.85 bits per heavy atom. The largest absolute Gasteiger partial charge is 0.495 e. The van der Waals surface area contributed by atoms with E-state index in [0.717, 1.165) is 28.9 Å². The molecule has 0 bridgehead atoms. The summed E-state index contributed by atoms with van der Waals surface area (Å²) >= 11 is 0. The second-order valence-electron chi connectivity index (χ2n) is 6.68. The fraction of sp³-hybridized carbons (Fsp3) is 0.286. The normalized spacial score (nSPS) is 17.4. The molecule has 0 radical (unpaired) electrons. The Kier molecular flexibility index (Phi) is 5.00. The molecule has 2 aromatic rings. The summed E-state index contributed by atoms with van der Waals surface area (Å²) in [6.07, 6.45) is 8.81. The van der Waals surface area contributed by atoms with Crippen LogP contribution in [0, 0.1) is 0 Å². The molecule has 5 heteroatoms. The number of nitrogens with one attached hydrogen (secondary N) is 2. The minimum absolute atomic E-state index is 0.155. The smallest absolute Gasteiger partial charge is 0.256 e. The average molecular weight is 352 g/mol. The molecule has 1 unspecified atom stereocenters. The first-order chi connectivity index (χ1) is 12.4. The lowest BCUT2D eigenvalue weighted by Gasteiger charge is -2.17. The number of hydrogen-bond acceptors (Lipinski definition) is 3. The standard InChI is InChI=1S/C21H24N2O3/c1-4-10-21(2,25)11-8-14-6-5-7-16-19(14)15(20(24)23-16)13-17-18(26-3)9-12-22-17/h5-9,11-13,22,25H,4,10H2,1-3H3,(H,23,24). The lowest BCUT2D eigenvalue weighted by Crippen LogP contribution is -2.19. The van der Waals surface area contributed by atoms with Crippen molar-refractivity contribution in [3.05, 3.63) is 53.4 Å². The van der Waals surface area contributed by atoms with Gasteiger partial charge in [0.05, 0.1) is 24.0 Å². The Morgan fingerprint density at radius 2 is 2.12 bits per heavy atom. The van der Waals surface area contributed by atoms with Crippen LogP contribution in [0.4, 0.5) is 5.69 Å². The van der Waals surface area contributed by atoms with Crippen molar-refractivity contribution in [3.63, 3.8) is 0 Å². The maximum atomic E-state index is 12.5. The topological polar surface area (TPSA) is 74.3 Å². The number of rotatable bonds is 6. The van der Waals surface area contributed by atoms with Crippen molar-refractivity contribution >= 4 is 29.3 Å². The molecule has 0 fully saturated rings. The highest BCUT2D eigenvalue weighted by Gasteiger charge is 2.27. The summed E-state index contributed by atoms with van der Waals surface area (Å²) in [5.41, 5.74) is 2.91. The number of ether oxygens (including phenoxy) is 1. The molecule has 1 atom stereocenters. The molecule has 1 aliphatic rings. The van der Waals surface area contributed by atoms with Gasteiger partial charge in [-0.25, -0.2) is 0 Å². The third-order valence-electron chi connectivity index (χ3n) is 4.48. The number of anilines is 1. The number of amides is 1. The molecule has 26 heavy (non-hydrogen) atoms. The third kappa shape index (κ3) is 3.58. The van der Waals surface area contributed by atoms with Gasteiger partial charge in [0.2, 0.25) is 0 Å². The number of carbonyl (C=O) groups excluding carboxylic acids is 1. The molecule has 1 aromatic heterocycles. The van der Waals surface area contributed by atoms with Crippen LogP contribution in [0.5, 0.6) is 5.75 Å². The number of aromatic amines is 1. The van der Waals surface area contributed by atoms with Gasteiger partial charge in [0, 0.05) is 17.4 Å². The van der Waals surface area contributed by atoms with Crippen LogP contribution in [0.15, 0.2) is 36.5 Å². The van der Waals surface area contributed by atoms with Crippen LogP contribution in [0.25, 0.3) is 17.7 Å². The summed E-state index contributed by atoms with van der Waals surface area (Å²) in [6.45, 7) is 3.83. The van der Waals surface area contributed by atoms with Crippen LogP contribution in [0.3, 0.4) is 0 Å². The molecule has 0 aliphatic carbocycles. The van der Waals surface area contributed by atoms with Gasteiger partial charge in [0.15, 0.2) is 0 Å². The second-order valence-corrected chi connectivity index (χ2v) is 6.68. The molecule has 1 amide bonds. The number of methoxy groups -OCH3 is 1. The molecule has 5 nitrogen and oxygen atoms in total. The lowest BCUT2D eigenvalue weighted by molar-refractivity contribution is -0.110. The van der Waals surface area contributed by atoms with E-state index in [4.69, 9.17) is 4.74 Å². The average Bonchev–Trinajstić information content (AvgIpc) is 3.18. The van der Waals surface area contributed by atoms with Crippen molar-refractivity contribution in [2.24, 2.45) is 0 Å². The molecule has 3 N–H and O–H groups in total. The summed E-state index contributed by atoms with van der Waals surface area (Å²) in [5.74, 6) is 0.524. The number of benzene rings is 1. The van der Waals surface area contributed by atoms with Gasteiger partial charge in [-0.05, 0) is 37.1 Å². The minimum atomic E-state index is -0.875. The van der Waals surface area contributed by atoms with E-state index in [1.54, 1.807) is 32.4 Å². The zero-order valence-electron chi connectivity index (χ0n) is 15.3. The highest BCUT2D eigenvalue weighted by atomic mass is 16.5. The van der Waals surface area contributed by atoms with Crippen molar-refractivity contribution in [1.29, 1.82) is 0 Å². The maximum absolute atomic E-state index is 12.5. The monoisotopic (exact) mass is 352 g/mol. The number of aromatic nitrogens is 1. The molecule has 0 saturated heterocycles. The second kappa shape index (κ2) is 7.22. The zero-order chi connectivity index (χ0) is 18.7. The number of carbonyl (C=O) groups is 1. The van der Waals surface area contributed by atoms with Crippen molar-refractivity contribution in [2.75, 3.05) is 12.4 Å². The quantitative estimate of drug-likeness (QED) is 0.686. The van der Waals surface area contributed by atoms with Crippen molar-refractivity contribution in [3.8, 4) is 5.75 Å². The van der Waals surface area contributed by atoms with Gasteiger partial charge in [-0.15, -0.1) is 0 Å². The molecule has 136 valence electrons. The van der Waals surface area contributed by atoms with E-state index in [0.29, 0.717) is 17.7 Å². The Labute approximate surface area is 153 Å². The molecule has 1 aliphatic heterocycles. The van der Waals surface area contributed by atoms with Gasteiger partial charge in [0.1, 0.15) is 5.75 Å². The van der Waals surface area contributed by atoms with E-state index < -0.39 is 5.60 Å². The molecule has 1 aromatic carbocycles. The van der Waals surface area contributed by atoms with Crippen LogP contribution in [-0.4, -0.2) is 28.7 Å².